The van der Waals surface area contributed by atoms with E-state index < -0.39 is 11.1 Å². The molecule has 1 aromatic carbocycles. The summed E-state index contributed by atoms with van der Waals surface area (Å²) in [7, 11) is 0. The molecule has 6 nitrogen and oxygen atoms in total. The molecule has 2 saturated heterocycles. The van der Waals surface area contributed by atoms with Crippen LogP contribution in [0.1, 0.15) is 38.7 Å². The van der Waals surface area contributed by atoms with Crippen molar-refractivity contribution >= 4 is 34.9 Å². The zero-order valence-electron chi connectivity index (χ0n) is 15.6. The molecule has 0 aliphatic carbocycles. The third-order valence-electron chi connectivity index (χ3n) is 4.44. The van der Waals surface area contributed by atoms with Gasteiger partial charge in [-0.25, -0.2) is 0 Å². The van der Waals surface area contributed by atoms with Crippen LogP contribution in [0.2, 0.25) is 0 Å². The molecule has 2 aliphatic rings. The van der Waals surface area contributed by atoms with E-state index in [-0.39, 0.29) is 18.6 Å². The lowest BCUT2D eigenvalue weighted by molar-refractivity contribution is -0.136. The van der Waals surface area contributed by atoms with Crippen molar-refractivity contribution in [2.24, 2.45) is 0 Å². The minimum Gasteiger partial charge on any atom is -0.490 e. The van der Waals surface area contributed by atoms with E-state index in [2.05, 4.69) is 0 Å². The molecule has 144 valence electrons. The molecule has 0 unspecified atom stereocenters. The molecule has 2 aliphatic heterocycles. The van der Waals surface area contributed by atoms with Gasteiger partial charge >= 0.3 is 0 Å². The molecule has 0 aromatic heterocycles. The molecular formula is C20H24N2O4S. The van der Waals surface area contributed by atoms with Crippen LogP contribution in [-0.2, 0) is 9.59 Å². The average Bonchev–Trinajstić information content (AvgIpc) is 2.91. The van der Waals surface area contributed by atoms with E-state index in [1.807, 2.05) is 38.1 Å². The Hall–Kier alpha value is -2.28. The minimum atomic E-state index is -0.422. The van der Waals surface area contributed by atoms with Gasteiger partial charge in [0.1, 0.15) is 12.3 Å². The molecule has 0 bridgehead atoms. The van der Waals surface area contributed by atoms with Crippen molar-refractivity contribution in [3.8, 4) is 5.75 Å². The number of piperidine rings is 1. The van der Waals surface area contributed by atoms with Gasteiger partial charge in [-0.1, -0.05) is 18.2 Å². The lowest BCUT2D eigenvalue weighted by Crippen LogP contribution is -2.44. The first kappa shape index (κ1) is 19.5. The number of rotatable bonds is 5. The van der Waals surface area contributed by atoms with Crippen LogP contribution in [-0.4, -0.2) is 52.6 Å². The Morgan fingerprint density at radius 3 is 2.59 bits per heavy atom. The van der Waals surface area contributed by atoms with Crippen LogP contribution in [0.25, 0.3) is 6.08 Å². The largest absolute Gasteiger partial charge is 0.490 e. The highest BCUT2D eigenvalue weighted by Crippen LogP contribution is 2.34. The topological polar surface area (TPSA) is 66.9 Å². The van der Waals surface area contributed by atoms with Crippen molar-refractivity contribution in [3.63, 3.8) is 0 Å². The van der Waals surface area contributed by atoms with Crippen LogP contribution in [0, 0.1) is 0 Å². The van der Waals surface area contributed by atoms with Gasteiger partial charge in [0.25, 0.3) is 11.1 Å². The maximum Gasteiger partial charge on any atom is 0.294 e. The van der Waals surface area contributed by atoms with E-state index in [1.54, 1.807) is 11.0 Å². The molecule has 27 heavy (non-hydrogen) atoms. The fourth-order valence-electron chi connectivity index (χ4n) is 3.12. The highest BCUT2D eigenvalue weighted by molar-refractivity contribution is 8.18. The summed E-state index contributed by atoms with van der Waals surface area (Å²) in [5.41, 5.74) is 0.735. The molecule has 0 saturated carbocycles. The molecule has 1 aromatic rings. The second-order valence-electron chi connectivity index (χ2n) is 6.91. The number of likely N-dealkylation sites (tertiary alicyclic amines) is 1. The maximum atomic E-state index is 12.7. The minimum absolute atomic E-state index is 0.00298. The number of ether oxygens (including phenoxy) is 1. The summed E-state index contributed by atoms with van der Waals surface area (Å²) in [5, 5.41) is -0.404. The summed E-state index contributed by atoms with van der Waals surface area (Å²) < 4.78 is 5.76. The average molecular weight is 388 g/mol. The number of thioether (sulfide) groups is 1. The molecule has 2 fully saturated rings. The highest BCUT2D eigenvalue weighted by Gasteiger charge is 2.37. The Kier molecular flexibility index (Phi) is 6.21. The van der Waals surface area contributed by atoms with Crippen LogP contribution < -0.4 is 4.74 Å². The third kappa shape index (κ3) is 4.71. The monoisotopic (exact) mass is 388 g/mol. The van der Waals surface area contributed by atoms with Gasteiger partial charge in [0.2, 0.25) is 5.91 Å². The number of benzene rings is 1. The first-order chi connectivity index (χ1) is 13.0. The van der Waals surface area contributed by atoms with Crippen molar-refractivity contribution < 1.29 is 19.1 Å². The van der Waals surface area contributed by atoms with Gasteiger partial charge in [0.05, 0.1) is 11.0 Å². The van der Waals surface area contributed by atoms with Gasteiger partial charge in [-0.2, -0.15) is 0 Å². The molecule has 3 rings (SSSR count). The van der Waals surface area contributed by atoms with Crippen LogP contribution in [0.15, 0.2) is 29.2 Å². The van der Waals surface area contributed by atoms with Gasteiger partial charge in [0.15, 0.2) is 0 Å². The van der Waals surface area contributed by atoms with E-state index in [9.17, 15) is 14.4 Å². The number of para-hydroxylation sites is 1. The van der Waals surface area contributed by atoms with Crippen LogP contribution >= 0.6 is 11.8 Å². The van der Waals surface area contributed by atoms with E-state index in [0.717, 1.165) is 41.5 Å². The summed E-state index contributed by atoms with van der Waals surface area (Å²) in [6, 6.07) is 7.38. The first-order valence-electron chi connectivity index (χ1n) is 9.24. The summed E-state index contributed by atoms with van der Waals surface area (Å²) in [5.74, 6) is 0.0696. The number of carbonyl (C=O) groups is 3. The lowest BCUT2D eigenvalue weighted by Gasteiger charge is -2.27. The quantitative estimate of drug-likeness (QED) is 0.722. The van der Waals surface area contributed by atoms with Crippen molar-refractivity contribution in [1.29, 1.82) is 0 Å². The van der Waals surface area contributed by atoms with Gasteiger partial charge in [-0.05, 0) is 57.0 Å². The molecular weight excluding hydrogens is 364 g/mol. The summed E-state index contributed by atoms with van der Waals surface area (Å²) in [4.78, 5) is 40.5. The summed E-state index contributed by atoms with van der Waals surface area (Å²) in [6.45, 7) is 5.06. The van der Waals surface area contributed by atoms with E-state index >= 15 is 0 Å². The fourth-order valence-corrected chi connectivity index (χ4v) is 3.95. The predicted octanol–water partition coefficient (Wildman–Crippen LogP) is 3.52. The Morgan fingerprint density at radius 2 is 1.89 bits per heavy atom. The normalized spacial score (nSPS) is 19.3. The Bertz CT molecular complexity index is 769. The van der Waals surface area contributed by atoms with E-state index in [0.29, 0.717) is 23.7 Å². The smallest absolute Gasteiger partial charge is 0.294 e. The van der Waals surface area contributed by atoms with E-state index in [1.165, 1.54) is 0 Å². The number of carbonyl (C=O) groups excluding carboxylic acids is 3. The standard InChI is InChI=1S/C20H24N2O4S/c1-14(2)26-16-9-5-4-8-15(16)12-17-19(24)22(20(25)27-17)13-18(23)21-10-6-3-7-11-21/h4-5,8-9,12,14H,3,6-7,10-11,13H2,1-2H3/b17-12-. The molecule has 3 amide bonds. The predicted molar refractivity (Wildman–Crippen MR) is 105 cm³/mol. The third-order valence-corrected chi connectivity index (χ3v) is 5.35. The Balaban J connectivity index is 1.74. The van der Waals surface area contributed by atoms with Crippen LogP contribution in [0.4, 0.5) is 4.79 Å². The number of hydrogen-bond donors (Lipinski definition) is 0. The van der Waals surface area contributed by atoms with Crippen molar-refractivity contribution in [1.82, 2.24) is 9.80 Å². The van der Waals surface area contributed by atoms with Crippen molar-refractivity contribution in [3.05, 3.63) is 34.7 Å². The molecule has 7 heteroatoms. The Morgan fingerprint density at radius 1 is 1.19 bits per heavy atom. The van der Waals surface area contributed by atoms with E-state index in [4.69, 9.17) is 4.74 Å². The van der Waals surface area contributed by atoms with Crippen LogP contribution in [0.3, 0.4) is 0 Å². The summed E-state index contributed by atoms with van der Waals surface area (Å²) >= 11 is 0.865. The number of imide groups is 1. The Labute approximate surface area is 163 Å². The molecule has 0 atom stereocenters. The maximum absolute atomic E-state index is 12.7. The highest BCUT2D eigenvalue weighted by atomic mass is 32.2. The molecule has 0 radical (unpaired) electrons. The second-order valence-corrected chi connectivity index (χ2v) is 7.91. The zero-order chi connectivity index (χ0) is 19.4. The number of amides is 3. The van der Waals surface area contributed by atoms with Crippen molar-refractivity contribution in [2.75, 3.05) is 19.6 Å². The number of hydrogen-bond acceptors (Lipinski definition) is 5. The first-order valence-corrected chi connectivity index (χ1v) is 10.1. The lowest BCUT2D eigenvalue weighted by atomic mass is 10.1. The molecule has 0 spiro atoms. The summed E-state index contributed by atoms with van der Waals surface area (Å²) in [6.07, 6.45) is 4.72. The fraction of sp³-hybridized carbons (Fsp3) is 0.450. The van der Waals surface area contributed by atoms with Gasteiger partial charge in [-0.15, -0.1) is 0 Å². The SMILES string of the molecule is CC(C)Oc1ccccc1/C=C1\SC(=O)N(CC(=O)N2CCCCC2)C1=O. The zero-order valence-corrected chi connectivity index (χ0v) is 16.5. The van der Waals surface area contributed by atoms with Gasteiger partial charge in [-0.3, -0.25) is 19.3 Å². The van der Waals surface area contributed by atoms with Crippen LogP contribution in [0.5, 0.6) is 5.75 Å². The second kappa shape index (κ2) is 8.61. The van der Waals surface area contributed by atoms with Crippen molar-refractivity contribution in [2.45, 2.75) is 39.2 Å². The van der Waals surface area contributed by atoms with Gasteiger partial charge < -0.3 is 9.64 Å². The molecule has 0 N–H and O–H groups in total. The van der Waals surface area contributed by atoms with Gasteiger partial charge in [0, 0.05) is 18.7 Å². The number of nitrogens with zero attached hydrogens (tertiary/aromatic N) is 2. The molecule has 2 heterocycles.